The van der Waals surface area contributed by atoms with Gasteiger partial charge in [-0.2, -0.15) is 4.31 Å². The summed E-state index contributed by atoms with van der Waals surface area (Å²) in [5.74, 6) is 0.745. The first-order chi connectivity index (χ1) is 16.2. The first-order valence-corrected chi connectivity index (χ1v) is 13.5. The number of likely N-dealkylation sites (N-methyl/N-ethyl adjacent to an activating group) is 2. The van der Waals surface area contributed by atoms with Gasteiger partial charge in [0.05, 0.1) is 23.7 Å². The molecule has 0 bridgehead atoms. The van der Waals surface area contributed by atoms with Crippen LogP contribution in [0.1, 0.15) is 30.9 Å². The third kappa shape index (κ3) is 4.93. The van der Waals surface area contributed by atoms with Crippen molar-refractivity contribution < 1.29 is 17.9 Å². The van der Waals surface area contributed by atoms with Gasteiger partial charge in [-0.05, 0) is 57.4 Å². The largest absolute Gasteiger partial charge is 0.485 e. The molecular weight excluding hydrogens is 450 g/mol. The highest BCUT2D eigenvalue weighted by atomic mass is 32.2. The Morgan fingerprint density at radius 2 is 1.82 bits per heavy atom. The molecule has 2 aliphatic heterocycles. The first-order valence-electron chi connectivity index (χ1n) is 12.0. The van der Waals surface area contributed by atoms with Crippen LogP contribution in [0.2, 0.25) is 0 Å². The number of para-hydroxylation sites is 2. The number of hydrogen-bond donors (Lipinski definition) is 0. The average Bonchev–Trinajstić information content (AvgIpc) is 2.82. The highest BCUT2D eigenvalue weighted by Gasteiger charge is 2.35. The maximum absolute atomic E-state index is 13.2. The van der Waals surface area contributed by atoms with Crippen molar-refractivity contribution in [3.05, 3.63) is 53.6 Å². The quantitative estimate of drug-likeness (QED) is 0.627. The van der Waals surface area contributed by atoms with Crippen LogP contribution in [0.5, 0.6) is 5.75 Å². The Balaban J connectivity index is 1.35. The molecule has 1 saturated heterocycles. The molecule has 0 radical (unpaired) electrons. The molecule has 2 aromatic carbocycles. The fourth-order valence-electron chi connectivity index (χ4n) is 5.05. The Morgan fingerprint density at radius 1 is 1.12 bits per heavy atom. The number of hydrogen-bond acceptors (Lipinski definition) is 5. The second-order valence-corrected chi connectivity index (χ2v) is 11.3. The van der Waals surface area contributed by atoms with E-state index in [0.717, 1.165) is 35.7 Å². The summed E-state index contributed by atoms with van der Waals surface area (Å²) in [6.45, 7) is 8.73. The van der Waals surface area contributed by atoms with Crippen molar-refractivity contribution in [1.82, 2.24) is 9.21 Å². The highest BCUT2D eigenvalue weighted by molar-refractivity contribution is 7.89. The second kappa shape index (κ2) is 9.96. The molecule has 0 saturated carbocycles. The average molecular weight is 486 g/mol. The van der Waals surface area contributed by atoms with E-state index in [1.54, 1.807) is 11.0 Å². The summed E-state index contributed by atoms with van der Waals surface area (Å²) in [6.07, 6.45) is 0.958. The van der Waals surface area contributed by atoms with Gasteiger partial charge in [-0.1, -0.05) is 29.8 Å². The molecule has 1 fully saturated rings. The predicted molar refractivity (Wildman–Crippen MR) is 134 cm³/mol. The van der Waals surface area contributed by atoms with Crippen molar-refractivity contribution in [2.75, 3.05) is 44.7 Å². The number of piperidine rings is 1. The van der Waals surface area contributed by atoms with E-state index in [2.05, 4.69) is 17.9 Å². The van der Waals surface area contributed by atoms with Gasteiger partial charge in [0.25, 0.3) is 0 Å². The standard InChI is InChI=1S/C26H35N3O4S/c1-5-28-18-22(33-24-9-7-6-8-23(24)28)17-27(4)26(30)21-12-14-29(15-13-21)34(31,32)25-11-10-19(2)16-20(25)3/h6-11,16,21-22H,5,12-15,17-18H2,1-4H3/t22-/m1/s1. The van der Waals surface area contributed by atoms with Crippen LogP contribution in [-0.4, -0.2) is 69.4 Å². The molecule has 1 atom stereocenters. The number of fused-ring (bicyclic) bond motifs is 1. The molecule has 0 unspecified atom stereocenters. The zero-order valence-electron chi connectivity index (χ0n) is 20.5. The summed E-state index contributed by atoms with van der Waals surface area (Å²) in [5.41, 5.74) is 2.89. The highest BCUT2D eigenvalue weighted by Crippen LogP contribution is 2.33. The van der Waals surface area contributed by atoms with Gasteiger partial charge < -0.3 is 14.5 Å². The van der Waals surface area contributed by atoms with E-state index in [1.807, 2.05) is 51.2 Å². The molecule has 8 heteroatoms. The van der Waals surface area contributed by atoms with E-state index in [4.69, 9.17) is 4.74 Å². The van der Waals surface area contributed by atoms with Gasteiger partial charge in [0.1, 0.15) is 11.9 Å². The molecule has 1 amide bonds. The normalized spacial score (nSPS) is 19.4. The molecule has 0 aliphatic carbocycles. The Kier molecular flexibility index (Phi) is 7.19. The minimum absolute atomic E-state index is 0.0640. The van der Waals surface area contributed by atoms with Gasteiger partial charge in [-0.25, -0.2) is 8.42 Å². The fraction of sp³-hybridized carbons (Fsp3) is 0.500. The number of ether oxygens (including phenoxy) is 1. The van der Waals surface area contributed by atoms with E-state index < -0.39 is 10.0 Å². The monoisotopic (exact) mass is 485 g/mol. The number of benzene rings is 2. The molecule has 0 spiro atoms. The number of aryl methyl sites for hydroxylation is 2. The van der Waals surface area contributed by atoms with Gasteiger partial charge in [-0.3, -0.25) is 4.79 Å². The minimum atomic E-state index is -3.56. The third-order valence-corrected chi connectivity index (χ3v) is 8.97. The maximum Gasteiger partial charge on any atom is 0.243 e. The molecule has 7 nitrogen and oxygen atoms in total. The Morgan fingerprint density at radius 3 is 2.50 bits per heavy atom. The molecule has 0 aromatic heterocycles. The molecule has 0 N–H and O–H groups in total. The van der Waals surface area contributed by atoms with Crippen molar-refractivity contribution in [3.8, 4) is 5.75 Å². The van der Waals surface area contributed by atoms with Crippen LogP contribution in [0, 0.1) is 19.8 Å². The van der Waals surface area contributed by atoms with Crippen molar-refractivity contribution in [3.63, 3.8) is 0 Å². The van der Waals surface area contributed by atoms with Crippen LogP contribution >= 0.6 is 0 Å². The van der Waals surface area contributed by atoms with E-state index in [-0.39, 0.29) is 17.9 Å². The lowest BCUT2D eigenvalue weighted by Crippen LogP contribution is -2.49. The van der Waals surface area contributed by atoms with Gasteiger partial charge in [0.2, 0.25) is 15.9 Å². The van der Waals surface area contributed by atoms with Gasteiger partial charge >= 0.3 is 0 Å². The molecule has 184 valence electrons. The van der Waals surface area contributed by atoms with Crippen molar-refractivity contribution in [2.45, 2.75) is 44.6 Å². The fourth-order valence-corrected chi connectivity index (χ4v) is 6.73. The van der Waals surface area contributed by atoms with E-state index in [0.29, 0.717) is 37.4 Å². The number of anilines is 1. The predicted octanol–water partition coefficient (Wildman–Crippen LogP) is 3.45. The topological polar surface area (TPSA) is 70.2 Å². The molecule has 4 rings (SSSR count). The smallest absolute Gasteiger partial charge is 0.243 e. The van der Waals surface area contributed by atoms with Crippen LogP contribution < -0.4 is 9.64 Å². The first kappa shape index (κ1) is 24.5. The summed E-state index contributed by atoms with van der Waals surface area (Å²) in [7, 11) is -1.74. The van der Waals surface area contributed by atoms with Crippen LogP contribution in [0.4, 0.5) is 5.69 Å². The number of carbonyl (C=O) groups is 1. The molecular formula is C26H35N3O4S. The number of sulfonamides is 1. The molecule has 2 aromatic rings. The number of rotatable bonds is 6. The molecule has 34 heavy (non-hydrogen) atoms. The van der Waals surface area contributed by atoms with Crippen LogP contribution in [0.25, 0.3) is 0 Å². The Labute approximate surface area is 203 Å². The maximum atomic E-state index is 13.2. The Bertz CT molecular complexity index is 1140. The number of amides is 1. The molecule has 2 aliphatic rings. The van der Waals surface area contributed by atoms with E-state index >= 15 is 0 Å². The lowest BCUT2D eigenvalue weighted by Gasteiger charge is -2.38. The van der Waals surface area contributed by atoms with E-state index in [9.17, 15) is 13.2 Å². The van der Waals surface area contributed by atoms with Crippen molar-refractivity contribution in [2.24, 2.45) is 5.92 Å². The van der Waals surface area contributed by atoms with Gasteiger partial charge in [-0.15, -0.1) is 0 Å². The molecule has 2 heterocycles. The Hall–Kier alpha value is -2.58. The summed E-state index contributed by atoms with van der Waals surface area (Å²) >= 11 is 0. The zero-order valence-corrected chi connectivity index (χ0v) is 21.3. The zero-order chi connectivity index (χ0) is 24.5. The van der Waals surface area contributed by atoms with Gasteiger partial charge in [0.15, 0.2) is 0 Å². The minimum Gasteiger partial charge on any atom is -0.485 e. The number of nitrogens with zero attached hydrogens (tertiary/aromatic N) is 3. The van der Waals surface area contributed by atoms with Crippen LogP contribution in [0.3, 0.4) is 0 Å². The van der Waals surface area contributed by atoms with Crippen molar-refractivity contribution in [1.29, 1.82) is 0 Å². The lowest BCUT2D eigenvalue weighted by atomic mass is 9.96. The third-order valence-electron chi connectivity index (χ3n) is 6.91. The SMILES string of the molecule is CCN1C[C@@H](CN(C)C(=O)C2CCN(S(=O)(=O)c3ccc(C)cc3C)CC2)Oc2ccccc21. The summed E-state index contributed by atoms with van der Waals surface area (Å²) in [4.78, 5) is 17.6. The van der Waals surface area contributed by atoms with Crippen LogP contribution in [-0.2, 0) is 14.8 Å². The summed E-state index contributed by atoms with van der Waals surface area (Å²) in [6, 6.07) is 13.4. The summed E-state index contributed by atoms with van der Waals surface area (Å²) in [5, 5.41) is 0. The number of carbonyl (C=O) groups excluding carboxylic acids is 1. The van der Waals surface area contributed by atoms with Crippen LogP contribution in [0.15, 0.2) is 47.4 Å². The summed E-state index contributed by atoms with van der Waals surface area (Å²) < 4.78 is 34.0. The lowest BCUT2D eigenvalue weighted by molar-refractivity contribution is -0.136. The van der Waals surface area contributed by atoms with Crippen molar-refractivity contribution >= 4 is 21.6 Å². The van der Waals surface area contributed by atoms with E-state index in [1.165, 1.54) is 4.31 Å². The second-order valence-electron chi connectivity index (χ2n) is 9.41. The van der Waals surface area contributed by atoms with Gasteiger partial charge in [0, 0.05) is 32.6 Å².